The van der Waals surface area contributed by atoms with Crippen LogP contribution in [0.2, 0.25) is 0 Å². The highest BCUT2D eigenvalue weighted by Crippen LogP contribution is 2.35. The van der Waals surface area contributed by atoms with Crippen molar-refractivity contribution in [1.29, 1.82) is 0 Å². The summed E-state index contributed by atoms with van der Waals surface area (Å²) < 4.78 is 16.5. The van der Waals surface area contributed by atoms with Gasteiger partial charge in [-0.05, 0) is 40.7 Å². The fourth-order valence-electron chi connectivity index (χ4n) is 3.74. The number of hydrogen-bond donors (Lipinski definition) is 2. The molecule has 0 radical (unpaired) electrons. The first kappa shape index (κ1) is 24.2. The SMILES string of the molecule is CCC1=C(C(=O)OC)C(c2ccc(OCc3ccc(C(C)(C)C)cc3)c(OC)c2)NC(=O)N1. The number of ether oxygens (including phenoxy) is 3. The van der Waals surface area contributed by atoms with Gasteiger partial charge in [0, 0.05) is 5.70 Å². The van der Waals surface area contributed by atoms with Crippen molar-refractivity contribution in [1.82, 2.24) is 10.6 Å². The predicted octanol–water partition coefficient (Wildman–Crippen LogP) is 4.76. The summed E-state index contributed by atoms with van der Waals surface area (Å²) in [4.78, 5) is 24.6. The third-order valence-electron chi connectivity index (χ3n) is 5.65. The molecular weight excluding hydrogens is 420 g/mol. The average Bonchev–Trinajstić information content (AvgIpc) is 2.81. The second kappa shape index (κ2) is 9.98. The van der Waals surface area contributed by atoms with Crippen LogP contribution in [0.15, 0.2) is 53.7 Å². The Morgan fingerprint density at radius 1 is 1.03 bits per heavy atom. The molecular formula is C26H32N2O5. The summed E-state index contributed by atoms with van der Waals surface area (Å²) in [6.07, 6.45) is 0.487. The predicted molar refractivity (Wildman–Crippen MR) is 126 cm³/mol. The third-order valence-corrected chi connectivity index (χ3v) is 5.65. The van der Waals surface area contributed by atoms with Gasteiger partial charge in [-0.2, -0.15) is 0 Å². The molecule has 0 saturated carbocycles. The number of nitrogens with one attached hydrogen (secondary N) is 2. The molecule has 0 fully saturated rings. The number of allylic oxidation sites excluding steroid dienone is 1. The summed E-state index contributed by atoms with van der Waals surface area (Å²) in [6, 6.07) is 12.7. The molecule has 1 aliphatic rings. The molecule has 7 nitrogen and oxygen atoms in total. The Morgan fingerprint density at radius 2 is 1.73 bits per heavy atom. The molecule has 33 heavy (non-hydrogen) atoms. The Balaban J connectivity index is 1.84. The summed E-state index contributed by atoms with van der Waals surface area (Å²) in [6.45, 7) is 8.80. The van der Waals surface area contributed by atoms with E-state index >= 15 is 0 Å². The quantitative estimate of drug-likeness (QED) is 0.592. The lowest BCUT2D eigenvalue weighted by molar-refractivity contribution is -0.136. The van der Waals surface area contributed by atoms with Gasteiger partial charge in [0.1, 0.15) is 6.61 Å². The molecule has 0 bridgehead atoms. The van der Waals surface area contributed by atoms with Crippen molar-refractivity contribution in [3.05, 3.63) is 70.4 Å². The number of carbonyl (C=O) groups excluding carboxylic acids is 2. The summed E-state index contributed by atoms with van der Waals surface area (Å²) >= 11 is 0. The Bertz CT molecular complexity index is 1050. The van der Waals surface area contributed by atoms with Crippen LogP contribution in [0.1, 0.15) is 56.8 Å². The minimum Gasteiger partial charge on any atom is -0.493 e. The van der Waals surface area contributed by atoms with Crippen molar-refractivity contribution in [2.24, 2.45) is 0 Å². The fourth-order valence-corrected chi connectivity index (χ4v) is 3.74. The van der Waals surface area contributed by atoms with Crippen LogP contribution in [0, 0.1) is 0 Å². The highest BCUT2D eigenvalue weighted by molar-refractivity contribution is 5.95. The molecule has 176 valence electrons. The van der Waals surface area contributed by atoms with E-state index in [1.54, 1.807) is 19.2 Å². The van der Waals surface area contributed by atoms with Gasteiger partial charge in [0.05, 0.1) is 25.8 Å². The van der Waals surface area contributed by atoms with E-state index < -0.39 is 12.0 Å². The van der Waals surface area contributed by atoms with E-state index in [9.17, 15) is 9.59 Å². The molecule has 2 amide bonds. The summed E-state index contributed by atoms with van der Waals surface area (Å²) in [5.41, 5.74) is 4.00. The fraction of sp³-hybridized carbons (Fsp3) is 0.385. The number of hydrogen-bond acceptors (Lipinski definition) is 5. The molecule has 2 aromatic rings. The van der Waals surface area contributed by atoms with E-state index in [4.69, 9.17) is 14.2 Å². The average molecular weight is 453 g/mol. The van der Waals surface area contributed by atoms with Gasteiger partial charge in [-0.25, -0.2) is 9.59 Å². The van der Waals surface area contributed by atoms with Crippen LogP contribution >= 0.6 is 0 Å². The molecule has 1 heterocycles. The zero-order valence-corrected chi connectivity index (χ0v) is 20.1. The number of amides is 2. The van der Waals surface area contributed by atoms with Crippen molar-refractivity contribution >= 4 is 12.0 Å². The maximum Gasteiger partial charge on any atom is 0.337 e. The van der Waals surface area contributed by atoms with Crippen molar-refractivity contribution in [3.63, 3.8) is 0 Å². The lowest BCUT2D eigenvalue weighted by Gasteiger charge is -2.29. The van der Waals surface area contributed by atoms with Gasteiger partial charge in [0.15, 0.2) is 11.5 Å². The second-order valence-electron chi connectivity index (χ2n) is 8.91. The van der Waals surface area contributed by atoms with Gasteiger partial charge in [-0.15, -0.1) is 0 Å². The minimum absolute atomic E-state index is 0.0949. The van der Waals surface area contributed by atoms with E-state index in [1.807, 2.05) is 13.0 Å². The van der Waals surface area contributed by atoms with Crippen LogP contribution in [-0.4, -0.2) is 26.2 Å². The normalized spacial score (nSPS) is 16.1. The van der Waals surface area contributed by atoms with Gasteiger partial charge in [-0.3, -0.25) is 0 Å². The van der Waals surface area contributed by atoms with Crippen LogP contribution in [0.5, 0.6) is 11.5 Å². The van der Waals surface area contributed by atoms with Crippen molar-refractivity contribution < 1.29 is 23.8 Å². The largest absolute Gasteiger partial charge is 0.493 e. The number of esters is 1. The monoisotopic (exact) mass is 452 g/mol. The van der Waals surface area contributed by atoms with Crippen LogP contribution in [0.25, 0.3) is 0 Å². The third kappa shape index (κ3) is 5.48. The molecule has 3 rings (SSSR count). The first-order valence-corrected chi connectivity index (χ1v) is 11.0. The van der Waals surface area contributed by atoms with Gasteiger partial charge in [0.2, 0.25) is 0 Å². The molecule has 7 heteroatoms. The number of methoxy groups -OCH3 is 2. The van der Waals surface area contributed by atoms with E-state index in [-0.39, 0.29) is 11.4 Å². The van der Waals surface area contributed by atoms with E-state index in [0.29, 0.717) is 41.4 Å². The molecule has 0 spiro atoms. The summed E-state index contributed by atoms with van der Waals surface area (Å²) in [5, 5.41) is 5.50. The Labute approximate surface area is 195 Å². The maximum atomic E-state index is 12.5. The second-order valence-corrected chi connectivity index (χ2v) is 8.91. The number of benzene rings is 2. The zero-order valence-electron chi connectivity index (χ0n) is 20.1. The number of urea groups is 1. The zero-order chi connectivity index (χ0) is 24.2. The standard InChI is InChI=1S/C26H32N2O5/c1-7-19-22(24(29)32-6)23(28-25(30)27-19)17-10-13-20(21(14-17)31-5)33-15-16-8-11-18(12-9-16)26(2,3)4/h8-14,23H,7,15H2,1-6H3,(H2,27,28,30). The lowest BCUT2D eigenvalue weighted by Crippen LogP contribution is -2.45. The lowest BCUT2D eigenvalue weighted by atomic mass is 9.87. The summed E-state index contributed by atoms with van der Waals surface area (Å²) in [7, 11) is 2.88. The minimum atomic E-state index is -0.658. The van der Waals surface area contributed by atoms with E-state index in [1.165, 1.54) is 12.7 Å². The van der Waals surface area contributed by atoms with Crippen molar-refractivity contribution in [2.75, 3.05) is 14.2 Å². The Kier molecular flexibility index (Phi) is 7.31. The van der Waals surface area contributed by atoms with Crippen molar-refractivity contribution in [3.8, 4) is 11.5 Å². The number of carbonyl (C=O) groups is 2. The molecule has 2 aromatic carbocycles. The first-order chi connectivity index (χ1) is 15.7. The van der Waals surface area contributed by atoms with Crippen LogP contribution < -0.4 is 20.1 Å². The van der Waals surface area contributed by atoms with Gasteiger partial charge in [0.25, 0.3) is 0 Å². The Hall–Kier alpha value is -3.48. The molecule has 1 aliphatic heterocycles. The van der Waals surface area contributed by atoms with Crippen molar-refractivity contribution in [2.45, 2.75) is 52.2 Å². The molecule has 1 unspecified atom stereocenters. The molecule has 0 aliphatic carbocycles. The molecule has 1 atom stereocenters. The highest BCUT2D eigenvalue weighted by atomic mass is 16.5. The van der Waals surface area contributed by atoms with Crippen LogP contribution in [0.3, 0.4) is 0 Å². The highest BCUT2D eigenvalue weighted by Gasteiger charge is 2.33. The smallest absolute Gasteiger partial charge is 0.337 e. The van der Waals surface area contributed by atoms with Gasteiger partial charge >= 0.3 is 12.0 Å². The summed E-state index contributed by atoms with van der Waals surface area (Å²) in [5.74, 6) is 0.580. The molecule has 0 aromatic heterocycles. The maximum absolute atomic E-state index is 12.5. The number of rotatable bonds is 7. The Morgan fingerprint density at radius 3 is 2.30 bits per heavy atom. The molecule has 0 saturated heterocycles. The topological polar surface area (TPSA) is 85.9 Å². The van der Waals surface area contributed by atoms with Crippen LogP contribution in [-0.2, 0) is 21.6 Å². The van der Waals surface area contributed by atoms with Gasteiger partial charge < -0.3 is 24.8 Å². The van der Waals surface area contributed by atoms with Gasteiger partial charge in [-0.1, -0.05) is 58.0 Å². The first-order valence-electron chi connectivity index (χ1n) is 11.0. The van der Waals surface area contributed by atoms with E-state index in [0.717, 1.165) is 5.56 Å². The molecule has 2 N–H and O–H groups in total. The van der Waals surface area contributed by atoms with E-state index in [2.05, 4.69) is 55.7 Å². The van der Waals surface area contributed by atoms with Crippen LogP contribution in [0.4, 0.5) is 4.79 Å².